The Bertz CT molecular complexity index is 337. The highest BCUT2D eigenvalue weighted by Gasteiger charge is 2.13. The average molecular weight is 222 g/mol. The van der Waals surface area contributed by atoms with Crippen LogP contribution in [0.5, 0.6) is 5.75 Å². The van der Waals surface area contributed by atoms with Crippen LogP contribution in [0.25, 0.3) is 0 Å². The van der Waals surface area contributed by atoms with Gasteiger partial charge in [0.1, 0.15) is 5.75 Å². The Morgan fingerprint density at radius 2 is 2.00 bits per heavy atom. The van der Waals surface area contributed by atoms with Gasteiger partial charge in [-0.05, 0) is 30.5 Å². The van der Waals surface area contributed by atoms with Crippen LogP contribution >= 0.6 is 0 Å². The fourth-order valence-electron chi connectivity index (χ4n) is 1.74. The highest BCUT2D eigenvalue weighted by atomic mass is 16.5. The van der Waals surface area contributed by atoms with Gasteiger partial charge in [0.05, 0.1) is 7.11 Å². The minimum Gasteiger partial charge on any atom is -0.496 e. The molecule has 0 aliphatic heterocycles. The summed E-state index contributed by atoms with van der Waals surface area (Å²) in [5.41, 5.74) is 14.0. The molecule has 4 N–H and O–H groups in total. The van der Waals surface area contributed by atoms with Crippen molar-refractivity contribution in [3.8, 4) is 5.75 Å². The summed E-state index contributed by atoms with van der Waals surface area (Å²) in [6.07, 6.45) is 0.776. The molecule has 1 aromatic carbocycles. The summed E-state index contributed by atoms with van der Waals surface area (Å²) in [5, 5.41) is 0. The topological polar surface area (TPSA) is 61.3 Å². The Balaban J connectivity index is 3.06. The first-order valence-electron chi connectivity index (χ1n) is 5.73. The Morgan fingerprint density at radius 3 is 2.50 bits per heavy atom. The first kappa shape index (κ1) is 13.0. The van der Waals surface area contributed by atoms with Gasteiger partial charge < -0.3 is 16.2 Å². The smallest absolute Gasteiger partial charge is 0.123 e. The Hall–Kier alpha value is -1.06. The van der Waals surface area contributed by atoms with E-state index in [0.29, 0.717) is 12.5 Å². The summed E-state index contributed by atoms with van der Waals surface area (Å²) in [4.78, 5) is 0. The minimum atomic E-state index is -0.0429. The van der Waals surface area contributed by atoms with E-state index in [0.717, 1.165) is 17.7 Å². The lowest BCUT2D eigenvalue weighted by atomic mass is 9.96. The molecule has 0 fully saturated rings. The van der Waals surface area contributed by atoms with E-state index in [1.54, 1.807) is 7.11 Å². The summed E-state index contributed by atoms with van der Waals surface area (Å²) >= 11 is 0. The zero-order valence-electron chi connectivity index (χ0n) is 10.4. The van der Waals surface area contributed by atoms with Crippen molar-refractivity contribution in [1.82, 2.24) is 0 Å². The van der Waals surface area contributed by atoms with Gasteiger partial charge in [0, 0.05) is 11.6 Å². The molecule has 0 bridgehead atoms. The van der Waals surface area contributed by atoms with Crippen LogP contribution < -0.4 is 16.2 Å². The Morgan fingerprint density at radius 1 is 1.31 bits per heavy atom. The summed E-state index contributed by atoms with van der Waals surface area (Å²) in [5.74, 6) is 1.35. The van der Waals surface area contributed by atoms with E-state index in [1.165, 1.54) is 5.56 Å². The number of benzene rings is 1. The molecule has 1 atom stereocenters. The Kier molecular flexibility index (Phi) is 4.77. The molecule has 3 heteroatoms. The predicted molar refractivity (Wildman–Crippen MR) is 67.7 cm³/mol. The fraction of sp³-hybridized carbons (Fsp3) is 0.538. The van der Waals surface area contributed by atoms with Gasteiger partial charge in [0.15, 0.2) is 0 Å². The van der Waals surface area contributed by atoms with Crippen molar-refractivity contribution in [1.29, 1.82) is 0 Å². The van der Waals surface area contributed by atoms with Crippen molar-refractivity contribution in [2.45, 2.75) is 32.2 Å². The molecule has 0 unspecified atom stereocenters. The lowest BCUT2D eigenvalue weighted by molar-refractivity contribution is 0.404. The minimum absolute atomic E-state index is 0.0429. The maximum atomic E-state index is 6.09. The van der Waals surface area contributed by atoms with E-state index in [-0.39, 0.29) is 6.04 Å². The van der Waals surface area contributed by atoms with Crippen LogP contribution in [0, 0.1) is 0 Å². The van der Waals surface area contributed by atoms with Crippen LogP contribution in [0.3, 0.4) is 0 Å². The van der Waals surface area contributed by atoms with Crippen molar-refractivity contribution in [3.05, 3.63) is 29.3 Å². The van der Waals surface area contributed by atoms with Gasteiger partial charge in [-0.2, -0.15) is 0 Å². The van der Waals surface area contributed by atoms with Gasteiger partial charge >= 0.3 is 0 Å². The average Bonchev–Trinajstić information content (AvgIpc) is 2.28. The van der Waals surface area contributed by atoms with Crippen LogP contribution in [0.2, 0.25) is 0 Å². The van der Waals surface area contributed by atoms with E-state index >= 15 is 0 Å². The molecule has 0 aromatic heterocycles. The zero-order valence-corrected chi connectivity index (χ0v) is 10.4. The summed E-state index contributed by atoms with van der Waals surface area (Å²) in [6, 6.07) is 6.16. The second kappa shape index (κ2) is 5.87. The molecule has 1 aromatic rings. The predicted octanol–water partition coefficient (Wildman–Crippen LogP) is 2.17. The van der Waals surface area contributed by atoms with Gasteiger partial charge in [-0.3, -0.25) is 0 Å². The molecule has 0 aliphatic carbocycles. The van der Waals surface area contributed by atoms with Gasteiger partial charge in [0.2, 0.25) is 0 Å². The van der Waals surface area contributed by atoms with Crippen LogP contribution in [-0.2, 0) is 0 Å². The SMILES string of the molecule is COc1ccc(C(C)C)cc1[C@H](N)CCN. The molecule has 0 amide bonds. The summed E-state index contributed by atoms with van der Waals surface area (Å²) in [7, 11) is 1.67. The lowest BCUT2D eigenvalue weighted by Gasteiger charge is -2.17. The van der Waals surface area contributed by atoms with Crippen LogP contribution in [-0.4, -0.2) is 13.7 Å². The largest absolute Gasteiger partial charge is 0.496 e. The monoisotopic (exact) mass is 222 g/mol. The fourth-order valence-corrected chi connectivity index (χ4v) is 1.74. The van der Waals surface area contributed by atoms with E-state index in [2.05, 4.69) is 26.0 Å². The second-order valence-corrected chi connectivity index (χ2v) is 4.34. The molecule has 3 nitrogen and oxygen atoms in total. The highest BCUT2D eigenvalue weighted by Crippen LogP contribution is 2.29. The second-order valence-electron chi connectivity index (χ2n) is 4.34. The third-order valence-electron chi connectivity index (χ3n) is 2.80. The number of hydrogen-bond donors (Lipinski definition) is 2. The van der Waals surface area contributed by atoms with Gasteiger partial charge in [0.25, 0.3) is 0 Å². The van der Waals surface area contributed by atoms with Crippen LogP contribution in [0.15, 0.2) is 18.2 Å². The molecular formula is C13H22N2O. The third kappa shape index (κ3) is 2.97. The molecule has 0 radical (unpaired) electrons. The van der Waals surface area contributed by atoms with Crippen molar-refractivity contribution in [2.24, 2.45) is 11.5 Å². The first-order valence-corrected chi connectivity index (χ1v) is 5.73. The van der Waals surface area contributed by atoms with Crippen molar-refractivity contribution in [2.75, 3.05) is 13.7 Å². The summed E-state index contributed by atoms with van der Waals surface area (Å²) < 4.78 is 5.33. The van der Waals surface area contributed by atoms with Gasteiger partial charge in [-0.15, -0.1) is 0 Å². The molecule has 90 valence electrons. The van der Waals surface area contributed by atoms with Crippen molar-refractivity contribution >= 4 is 0 Å². The normalized spacial score (nSPS) is 12.9. The van der Waals surface area contributed by atoms with Crippen LogP contribution in [0.4, 0.5) is 0 Å². The number of nitrogens with two attached hydrogens (primary N) is 2. The van der Waals surface area contributed by atoms with Crippen molar-refractivity contribution < 1.29 is 4.74 Å². The molecular weight excluding hydrogens is 200 g/mol. The maximum absolute atomic E-state index is 6.09. The van der Waals surface area contributed by atoms with Gasteiger partial charge in [-0.25, -0.2) is 0 Å². The first-order chi connectivity index (χ1) is 7.60. The molecule has 1 rings (SSSR count). The van der Waals surface area contributed by atoms with E-state index in [4.69, 9.17) is 16.2 Å². The van der Waals surface area contributed by atoms with Crippen molar-refractivity contribution in [3.63, 3.8) is 0 Å². The van der Waals surface area contributed by atoms with Gasteiger partial charge in [-0.1, -0.05) is 26.0 Å². The number of ether oxygens (including phenoxy) is 1. The molecule has 16 heavy (non-hydrogen) atoms. The van der Waals surface area contributed by atoms with E-state index in [1.807, 2.05) is 6.07 Å². The molecule has 0 heterocycles. The van der Waals surface area contributed by atoms with Crippen LogP contribution in [0.1, 0.15) is 43.4 Å². The lowest BCUT2D eigenvalue weighted by Crippen LogP contribution is -2.16. The van der Waals surface area contributed by atoms with E-state index < -0.39 is 0 Å². The number of hydrogen-bond acceptors (Lipinski definition) is 3. The Labute approximate surface area is 97.8 Å². The quantitative estimate of drug-likeness (QED) is 0.802. The molecule has 0 saturated heterocycles. The molecule has 0 aliphatic rings. The standard InChI is InChI=1S/C13H22N2O/c1-9(2)10-4-5-13(16-3)11(8-10)12(15)6-7-14/h4-5,8-9,12H,6-7,14-15H2,1-3H3/t12-/m1/s1. The number of methoxy groups -OCH3 is 1. The number of rotatable bonds is 5. The zero-order chi connectivity index (χ0) is 12.1. The molecule has 0 spiro atoms. The maximum Gasteiger partial charge on any atom is 0.123 e. The summed E-state index contributed by atoms with van der Waals surface area (Å²) in [6.45, 7) is 4.93. The molecule has 0 saturated carbocycles. The van der Waals surface area contributed by atoms with E-state index in [9.17, 15) is 0 Å². The highest BCUT2D eigenvalue weighted by molar-refractivity contribution is 5.40. The third-order valence-corrected chi connectivity index (χ3v) is 2.80.